The summed E-state index contributed by atoms with van der Waals surface area (Å²) in [7, 11) is 4.06. The Morgan fingerprint density at radius 1 is 1.50 bits per heavy atom. The molecule has 1 aliphatic carbocycles. The van der Waals surface area contributed by atoms with E-state index in [2.05, 4.69) is 18.9 Å². The van der Waals surface area contributed by atoms with Crippen molar-refractivity contribution in [2.45, 2.75) is 37.8 Å². The molecule has 0 N–H and O–H groups in total. The van der Waals surface area contributed by atoms with Gasteiger partial charge >= 0.3 is 0 Å². The predicted octanol–water partition coefficient (Wildman–Crippen LogP) is 1.51. The van der Waals surface area contributed by atoms with Gasteiger partial charge in [-0.1, -0.05) is 6.92 Å². The monoisotopic (exact) mass is 169 g/mol. The molecule has 2 bridgehead atoms. The number of hydrogen-bond acceptors (Lipinski definition) is 2. The summed E-state index contributed by atoms with van der Waals surface area (Å²) in [4.78, 5) is 2.52. The van der Waals surface area contributed by atoms with Crippen molar-refractivity contribution < 1.29 is 4.74 Å². The van der Waals surface area contributed by atoms with Crippen molar-refractivity contribution in [2.75, 3.05) is 20.8 Å². The van der Waals surface area contributed by atoms with Crippen LogP contribution in [0.5, 0.6) is 0 Å². The highest BCUT2D eigenvalue weighted by Crippen LogP contribution is 2.48. The molecule has 2 heteroatoms. The zero-order valence-electron chi connectivity index (χ0n) is 8.34. The standard InChI is InChI=1S/C10H19NO/c1-8-4-9-6-10(5-8,7-12-3)11(9)2/h8-9H,4-7H2,1-3H3. The lowest BCUT2D eigenvalue weighted by Gasteiger charge is -2.62. The molecule has 3 unspecified atom stereocenters. The molecule has 3 rings (SSSR count). The van der Waals surface area contributed by atoms with Gasteiger partial charge in [0.25, 0.3) is 0 Å². The summed E-state index contributed by atoms with van der Waals surface area (Å²) in [6.07, 6.45) is 4.08. The van der Waals surface area contributed by atoms with Crippen LogP contribution in [0.1, 0.15) is 26.2 Å². The lowest BCUT2D eigenvalue weighted by Crippen LogP contribution is -2.70. The fourth-order valence-corrected chi connectivity index (χ4v) is 3.15. The Balaban J connectivity index is 2.05. The van der Waals surface area contributed by atoms with Gasteiger partial charge in [-0.2, -0.15) is 0 Å². The molecule has 3 fully saturated rings. The van der Waals surface area contributed by atoms with Crippen molar-refractivity contribution in [1.82, 2.24) is 4.90 Å². The Bertz CT molecular complexity index is 179. The van der Waals surface area contributed by atoms with Gasteiger partial charge in [0.1, 0.15) is 0 Å². The van der Waals surface area contributed by atoms with Gasteiger partial charge in [0.2, 0.25) is 0 Å². The van der Waals surface area contributed by atoms with E-state index >= 15 is 0 Å². The molecular formula is C10H19NO. The van der Waals surface area contributed by atoms with Gasteiger partial charge in [-0.05, 0) is 32.2 Å². The maximum absolute atomic E-state index is 5.30. The highest BCUT2D eigenvalue weighted by atomic mass is 16.5. The number of hydrogen-bond donors (Lipinski definition) is 0. The van der Waals surface area contributed by atoms with Crippen LogP contribution in [0.25, 0.3) is 0 Å². The lowest BCUT2D eigenvalue weighted by atomic mass is 9.65. The van der Waals surface area contributed by atoms with Gasteiger partial charge in [0, 0.05) is 18.7 Å². The van der Waals surface area contributed by atoms with E-state index in [1.165, 1.54) is 19.3 Å². The minimum absolute atomic E-state index is 0.414. The molecule has 12 heavy (non-hydrogen) atoms. The summed E-state index contributed by atoms with van der Waals surface area (Å²) in [6, 6.07) is 0.851. The van der Waals surface area contributed by atoms with E-state index in [1.807, 2.05) is 7.11 Å². The first-order valence-electron chi connectivity index (χ1n) is 4.90. The van der Waals surface area contributed by atoms with Crippen LogP contribution in [-0.4, -0.2) is 37.2 Å². The Kier molecular flexibility index (Phi) is 1.92. The Morgan fingerprint density at radius 3 is 2.83 bits per heavy atom. The number of methoxy groups -OCH3 is 1. The third kappa shape index (κ3) is 1.01. The highest BCUT2D eigenvalue weighted by Gasteiger charge is 2.53. The van der Waals surface area contributed by atoms with Crippen LogP contribution < -0.4 is 0 Å². The largest absolute Gasteiger partial charge is 0.383 e. The number of nitrogens with zero attached hydrogens (tertiary/aromatic N) is 1. The molecule has 0 spiro atoms. The minimum Gasteiger partial charge on any atom is -0.383 e. The van der Waals surface area contributed by atoms with E-state index in [1.54, 1.807) is 0 Å². The molecule has 0 aromatic carbocycles. The molecule has 0 aromatic heterocycles. The van der Waals surface area contributed by atoms with Gasteiger partial charge in [-0.3, -0.25) is 4.90 Å². The fraction of sp³-hybridized carbons (Fsp3) is 1.00. The number of ether oxygens (including phenoxy) is 1. The van der Waals surface area contributed by atoms with Gasteiger partial charge in [0.05, 0.1) is 6.61 Å². The van der Waals surface area contributed by atoms with E-state index in [0.717, 1.165) is 18.6 Å². The van der Waals surface area contributed by atoms with E-state index in [9.17, 15) is 0 Å². The first-order valence-corrected chi connectivity index (χ1v) is 4.90. The van der Waals surface area contributed by atoms with Crippen molar-refractivity contribution >= 4 is 0 Å². The lowest BCUT2D eigenvalue weighted by molar-refractivity contribution is -0.141. The first kappa shape index (κ1) is 8.52. The quantitative estimate of drug-likeness (QED) is 0.621. The van der Waals surface area contributed by atoms with Gasteiger partial charge in [-0.15, -0.1) is 0 Å². The molecule has 1 saturated carbocycles. The second-order valence-corrected chi connectivity index (χ2v) is 4.67. The highest BCUT2D eigenvalue weighted by molar-refractivity contribution is 5.09. The Labute approximate surface area is 74.9 Å². The van der Waals surface area contributed by atoms with Crippen molar-refractivity contribution in [3.63, 3.8) is 0 Å². The maximum Gasteiger partial charge on any atom is 0.0647 e. The molecule has 2 saturated heterocycles. The van der Waals surface area contributed by atoms with Crippen molar-refractivity contribution in [1.29, 1.82) is 0 Å². The second kappa shape index (κ2) is 2.71. The Morgan fingerprint density at radius 2 is 2.25 bits per heavy atom. The van der Waals surface area contributed by atoms with Crippen LogP contribution in [0, 0.1) is 5.92 Å². The maximum atomic E-state index is 5.30. The molecule has 0 aromatic rings. The van der Waals surface area contributed by atoms with Crippen LogP contribution in [0.3, 0.4) is 0 Å². The smallest absolute Gasteiger partial charge is 0.0647 e. The van der Waals surface area contributed by atoms with Crippen LogP contribution in [-0.2, 0) is 4.74 Å². The first-order chi connectivity index (χ1) is 5.68. The molecule has 2 heterocycles. The average molecular weight is 169 g/mol. The normalized spacial score (nSPS) is 47.2. The van der Waals surface area contributed by atoms with E-state index in [0.29, 0.717) is 5.54 Å². The molecule has 3 aliphatic rings. The van der Waals surface area contributed by atoms with Crippen molar-refractivity contribution in [2.24, 2.45) is 5.92 Å². The molecule has 3 atom stereocenters. The molecule has 0 radical (unpaired) electrons. The summed E-state index contributed by atoms with van der Waals surface area (Å²) in [5.41, 5.74) is 0.414. The molecule has 70 valence electrons. The second-order valence-electron chi connectivity index (χ2n) is 4.67. The zero-order chi connectivity index (χ0) is 8.77. The molecule has 0 amide bonds. The summed E-state index contributed by atoms with van der Waals surface area (Å²) < 4.78 is 5.30. The number of rotatable bonds is 2. The van der Waals surface area contributed by atoms with Crippen LogP contribution in [0.4, 0.5) is 0 Å². The van der Waals surface area contributed by atoms with Crippen LogP contribution in [0.15, 0.2) is 0 Å². The third-order valence-corrected chi connectivity index (χ3v) is 3.73. The number of fused-ring (bicyclic) bond motifs is 2. The van der Waals surface area contributed by atoms with Crippen molar-refractivity contribution in [3.8, 4) is 0 Å². The summed E-state index contributed by atoms with van der Waals surface area (Å²) in [5.74, 6) is 0.898. The summed E-state index contributed by atoms with van der Waals surface area (Å²) in [6.45, 7) is 3.29. The SMILES string of the molecule is COCC12CC(C)CC(C1)N2C. The summed E-state index contributed by atoms with van der Waals surface area (Å²) in [5, 5.41) is 0. The van der Waals surface area contributed by atoms with Crippen LogP contribution >= 0.6 is 0 Å². The number of likely N-dealkylation sites (N-methyl/N-ethyl adjacent to an activating group) is 1. The van der Waals surface area contributed by atoms with E-state index in [-0.39, 0.29) is 0 Å². The Hall–Kier alpha value is -0.0800. The topological polar surface area (TPSA) is 12.5 Å². The molecule has 2 nitrogen and oxygen atoms in total. The van der Waals surface area contributed by atoms with E-state index < -0.39 is 0 Å². The van der Waals surface area contributed by atoms with Gasteiger partial charge < -0.3 is 4.74 Å². The zero-order valence-corrected chi connectivity index (χ0v) is 8.34. The van der Waals surface area contributed by atoms with Crippen molar-refractivity contribution in [3.05, 3.63) is 0 Å². The fourth-order valence-electron chi connectivity index (χ4n) is 3.15. The number of piperidine rings is 1. The molecular weight excluding hydrogens is 150 g/mol. The minimum atomic E-state index is 0.414. The van der Waals surface area contributed by atoms with Gasteiger partial charge in [0.15, 0.2) is 0 Å². The summed E-state index contributed by atoms with van der Waals surface area (Å²) >= 11 is 0. The van der Waals surface area contributed by atoms with E-state index in [4.69, 9.17) is 4.74 Å². The average Bonchev–Trinajstić information content (AvgIpc) is 2.03. The van der Waals surface area contributed by atoms with Crippen LogP contribution in [0.2, 0.25) is 0 Å². The molecule has 2 aliphatic heterocycles. The third-order valence-electron chi connectivity index (χ3n) is 3.73. The predicted molar refractivity (Wildman–Crippen MR) is 49.2 cm³/mol. The van der Waals surface area contributed by atoms with Gasteiger partial charge in [-0.25, -0.2) is 0 Å².